The first-order valence-corrected chi connectivity index (χ1v) is 7.86. The highest BCUT2D eigenvalue weighted by Gasteiger charge is 2.18. The molecule has 0 saturated heterocycles. The van der Waals surface area contributed by atoms with Crippen LogP contribution in [0.15, 0.2) is 46.9 Å². The monoisotopic (exact) mass is 396 g/mol. The predicted octanol–water partition coefficient (Wildman–Crippen LogP) is 3.61. The lowest BCUT2D eigenvalue weighted by molar-refractivity contribution is -0.122. The highest BCUT2D eigenvalue weighted by atomic mass is 79.9. The van der Waals surface area contributed by atoms with Gasteiger partial charge in [0.15, 0.2) is 6.10 Å². The van der Waals surface area contributed by atoms with Crippen molar-refractivity contribution in [1.82, 2.24) is 0 Å². The van der Waals surface area contributed by atoms with Crippen LogP contribution < -0.4 is 15.8 Å². The van der Waals surface area contributed by atoms with Gasteiger partial charge in [-0.2, -0.15) is 0 Å². The first-order chi connectivity index (χ1) is 10.9. The van der Waals surface area contributed by atoms with Gasteiger partial charge < -0.3 is 15.8 Å². The van der Waals surface area contributed by atoms with E-state index in [1.54, 1.807) is 25.1 Å². The molecule has 1 atom stereocenters. The molecule has 0 heterocycles. The summed E-state index contributed by atoms with van der Waals surface area (Å²) in [4.78, 5) is 23.6. The molecule has 0 bridgehead atoms. The number of amides is 2. The molecule has 0 aromatic heterocycles. The summed E-state index contributed by atoms with van der Waals surface area (Å²) in [6.07, 6.45) is -0.821. The largest absolute Gasteiger partial charge is 0.480 e. The van der Waals surface area contributed by atoms with Crippen molar-refractivity contribution >= 4 is 45.0 Å². The van der Waals surface area contributed by atoms with Crippen LogP contribution in [0.5, 0.6) is 5.75 Å². The molecule has 1 unspecified atom stereocenters. The average molecular weight is 398 g/mol. The first-order valence-electron chi connectivity index (χ1n) is 6.69. The molecule has 2 amide bonds. The molecule has 2 aromatic rings. The quantitative estimate of drug-likeness (QED) is 0.808. The molecule has 0 fully saturated rings. The van der Waals surface area contributed by atoms with Crippen molar-refractivity contribution in [3.8, 4) is 5.75 Å². The number of primary amides is 1. The van der Waals surface area contributed by atoms with E-state index in [0.29, 0.717) is 10.7 Å². The Balaban J connectivity index is 2.09. The van der Waals surface area contributed by atoms with Crippen LogP contribution in [-0.4, -0.2) is 17.9 Å². The van der Waals surface area contributed by atoms with Crippen molar-refractivity contribution in [3.05, 3.63) is 57.5 Å². The maximum atomic E-state index is 12.2. The predicted molar refractivity (Wildman–Crippen MR) is 92.8 cm³/mol. The zero-order valence-electron chi connectivity index (χ0n) is 12.2. The lowest BCUT2D eigenvalue weighted by atomic mass is 10.2. The summed E-state index contributed by atoms with van der Waals surface area (Å²) in [7, 11) is 0. The Kier molecular flexibility index (Phi) is 5.63. The highest BCUT2D eigenvalue weighted by molar-refractivity contribution is 9.10. The second-order valence-corrected chi connectivity index (χ2v) is 6.11. The molecule has 3 N–H and O–H groups in total. The Labute approximate surface area is 146 Å². The fourth-order valence-corrected chi connectivity index (χ4v) is 2.26. The third-order valence-corrected chi connectivity index (χ3v) is 3.76. The van der Waals surface area contributed by atoms with Crippen molar-refractivity contribution in [2.45, 2.75) is 13.0 Å². The molecule has 0 aliphatic heterocycles. The summed E-state index contributed by atoms with van der Waals surface area (Å²) in [5.41, 5.74) is 6.05. The molecule has 0 aliphatic rings. The fraction of sp³-hybridized carbons (Fsp3) is 0.125. The van der Waals surface area contributed by atoms with E-state index in [2.05, 4.69) is 21.2 Å². The van der Waals surface area contributed by atoms with E-state index in [4.69, 9.17) is 22.1 Å². The zero-order chi connectivity index (χ0) is 17.0. The van der Waals surface area contributed by atoms with E-state index in [1.807, 2.05) is 12.1 Å². The number of nitrogens with one attached hydrogen (secondary N) is 1. The van der Waals surface area contributed by atoms with Gasteiger partial charge in [0.1, 0.15) is 5.75 Å². The van der Waals surface area contributed by atoms with E-state index in [9.17, 15) is 9.59 Å². The van der Waals surface area contributed by atoms with Gasteiger partial charge in [0.05, 0.1) is 5.56 Å². The SMILES string of the molecule is CC(Oc1ccc(Cl)cc1C(N)=O)C(=O)Nc1ccc(Br)cc1. The van der Waals surface area contributed by atoms with Crippen molar-refractivity contribution in [2.24, 2.45) is 5.73 Å². The molecule has 2 rings (SSSR count). The smallest absolute Gasteiger partial charge is 0.265 e. The van der Waals surface area contributed by atoms with Gasteiger partial charge in [0, 0.05) is 15.2 Å². The third kappa shape index (κ3) is 4.71. The van der Waals surface area contributed by atoms with E-state index in [0.717, 1.165) is 4.47 Å². The maximum absolute atomic E-state index is 12.2. The summed E-state index contributed by atoms with van der Waals surface area (Å²) < 4.78 is 6.45. The van der Waals surface area contributed by atoms with Crippen molar-refractivity contribution in [1.29, 1.82) is 0 Å². The molecule has 2 aromatic carbocycles. The van der Waals surface area contributed by atoms with E-state index in [1.165, 1.54) is 12.1 Å². The van der Waals surface area contributed by atoms with Crippen LogP contribution in [0, 0.1) is 0 Å². The Morgan fingerprint density at radius 3 is 2.48 bits per heavy atom. The van der Waals surface area contributed by atoms with Crippen molar-refractivity contribution in [3.63, 3.8) is 0 Å². The third-order valence-electron chi connectivity index (χ3n) is 2.99. The number of carbonyl (C=O) groups excluding carboxylic acids is 2. The first kappa shape index (κ1) is 17.3. The summed E-state index contributed by atoms with van der Waals surface area (Å²) in [5.74, 6) is -0.818. The van der Waals surface area contributed by atoms with Crippen LogP contribution >= 0.6 is 27.5 Å². The van der Waals surface area contributed by atoms with Gasteiger partial charge in [-0.05, 0) is 49.4 Å². The molecule has 23 heavy (non-hydrogen) atoms. The molecule has 0 radical (unpaired) electrons. The number of rotatable bonds is 5. The van der Waals surface area contributed by atoms with Crippen LogP contribution in [0.4, 0.5) is 5.69 Å². The van der Waals surface area contributed by atoms with Crippen molar-refractivity contribution < 1.29 is 14.3 Å². The van der Waals surface area contributed by atoms with Gasteiger partial charge in [0.2, 0.25) is 0 Å². The molecule has 0 aliphatic carbocycles. The molecule has 7 heteroatoms. The van der Waals surface area contributed by atoms with Gasteiger partial charge in [-0.3, -0.25) is 9.59 Å². The Hall–Kier alpha value is -2.05. The summed E-state index contributed by atoms with van der Waals surface area (Å²) in [6, 6.07) is 11.6. The fourth-order valence-electron chi connectivity index (χ4n) is 1.82. The van der Waals surface area contributed by atoms with Crippen LogP contribution in [0.1, 0.15) is 17.3 Å². The summed E-state index contributed by atoms with van der Waals surface area (Å²) in [5, 5.41) is 3.08. The Morgan fingerprint density at radius 1 is 1.22 bits per heavy atom. The second-order valence-electron chi connectivity index (χ2n) is 4.76. The lowest BCUT2D eigenvalue weighted by Gasteiger charge is -2.16. The molecule has 0 spiro atoms. The van der Waals surface area contributed by atoms with Crippen LogP contribution in [0.25, 0.3) is 0 Å². The molecule has 5 nitrogen and oxygen atoms in total. The number of halogens is 2. The highest BCUT2D eigenvalue weighted by Crippen LogP contribution is 2.24. The average Bonchev–Trinajstić information content (AvgIpc) is 2.51. The standard InChI is InChI=1S/C16H14BrClN2O3/c1-9(16(22)20-12-5-2-10(17)3-6-12)23-14-7-4-11(18)8-13(14)15(19)21/h2-9H,1H3,(H2,19,21)(H,20,22). The number of nitrogens with two attached hydrogens (primary N) is 1. The normalized spacial score (nSPS) is 11.6. The maximum Gasteiger partial charge on any atom is 0.265 e. The minimum atomic E-state index is -0.821. The van der Waals surface area contributed by atoms with Gasteiger partial charge in [0.25, 0.3) is 11.8 Å². The van der Waals surface area contributed by atoms with Gasteiger partial charge in [-0.25, -0.2) is 0 Å². The molecular formula is C16H14BrClN2O3. The molecular weight excluding hydrogens is 384 g/mol. The van der Waals surface area contributed by atoms with Crippen LogP contribution in [-0.2, 0) is 4.79 Å². The Bertz CT molecular complexity index is 735. The minimum absolute atomic E-state index is 0.126. The number of ether oxygens (including phenoxy) is 1. The second kappa shape index (κ2) is 7.48. The summed E-state index contributed by atoms with van der Waals surface area (Å²) >= 11 is 9.15. The topological polar surface area (TPSA) is 81.4 Å². The molecule has 0 saturated carbocycles. The van der Waals surface area contributed by atoms with Gasteiger partial charge in [-0.15, -0.1) is 0 Å². The van der Waals surface area contributed by atoms with Crippen LogP contribution in [0.3, 0.4) is 0 Å². The Morgan fingerprint density at radius 2 is 1.87 bits per heavy atom. The number of hydrogen-bond donors (Lipinski definition) is 2. The number of hydrogen-bond acceptors (Lipinski definition) is 3. The number of carbonyl (C=O) groups is 2. The number of anilines is 1. The van der Waals surface area contributed by atoms with Crippen LogP contribution in [0.2, 0.25) is 5.02 Å². The zero-order valence-corrected chi connectivity index (χ0v) is 14.5. The van der Waals surface area contributed by atoms with E-state index < -0.39 is 12.0 Å². The summed E-state index contributed by atoms with van der Waals surface area (Å²) in [6.45, 7) is 1.58. The lowest BCUT2D eigenvalue weighted by Crippen LogP contribution is -2.30. The van der Waals surface area contributed by atoms with Crippen molar-refractivity contribution in [2.75, 3.05) is 5.32 Å². The van der Waals surface area contributed by atoms with Gasteiger partial charge in [-0.1, -0.05) is 27.5 Å². The van der Waals surface area contributed by atoms with E-state index in [-0.39, 0.29) is 17.2 Å². The van der Waals surface area contributed by atoms with Gasteiger partial charge >= 0.3 is 0 Å². The number of benzene rings is 2. The molecule has 120 valence electrons. The minimum Gasteiger partial charge on any atom is -0.480 e. The van der Waals surface area contributed by atoms with E-state index >= 15 is 0 Å².